The molecular weight excluding hydrogens is 584 g/mol. The van der Waals surface area contributed by atoms with Gasteiger partial charge in [0.25, 0.3) is 5.56 Å². The summed E-state index contributed by atoms with van der Waals surface area (Å²) in [6.45, 7) is 3.71. The van der Waals surface area contributed by atoms with Gasteiger partial charge in [-0.1, -0.05) is 90.4 Å². The van der Waals surface area contributed by atoms with Crippen molar-refractivity contribution in [2.45, 2.75) is 116 Å². The average molecular weight is 638 g/mol. The van der Waals surface area contributed by atoms with Gasteiger partial charge in [0.05, 0.1) is 32.2 Å². The maximum Gasteiger partial charge on any atom is 1.00 e. The zero-order chi connectivity index (χ0) is 30.5. The van der Waals surface area contributed by atoms with E-state index in [0.29, 0.717) is 19.6 Å². The third kappa shape index (κ3) is 18.0. The minimum absolute atomic E-state index is 0. The van der Waals surface area contributed by atoms with E-state index in [4.69, 9.17) is 24.5 Å². The van der Waals surface area contributed by atoms with Crippen LogP contribution in [0.5, 0.6) is 0 Å². The standard InChI is InChI=1S/C29H54N5O7P.Na/c1-3-4-5-6-7-8-9-10-11-12-13-14-15-16-18-39-19-17-20-41-42(36,37)24-40-25(22-38-2)21-34-23-31-26-27(34)32-29(30)33-28(26)35;/h23,25H,3-22,24H2,1-2H3,(H,36,37)(H3,30,32,33,35);/q;+1/p-1/t25-;/m0./s1. The maximum atomic E-state index is 12.3. The summed E-state index contributed by atoms with van der Waals surface area (Å²) in [7, 11) is -2.73. The van der Waals surface area contributed by atoms with Crippen molar-refractivity contribution in [2.75, 3.05) is 45.6 Å². The normalized spacial score (nSPS) is 13.7. The number of imidazole rings is 1. The predicted octanol–water partition coefficient (Wildman–Crippen LogP) is 2.15. The minimum atomic E-state index is -4.22. The van der Waals surface area contributed by atoms with Gasteiger partial charge in [-0.05, 0) is 12.8 Å². The van der Waals surface area contributed by atoms with Gasteiger partial charge in [0.15, 0.2) is 18.8 Å². The Hall–Kier alpha value is -0.820. The Balaban J connectivity index is 0.00000924. The van der Waals surface area contributed by atoms with Crippen LogP contribution >= 0.6 is 7.60 Å². The summed E-state index contributed by atoms with van der Waals surface area (Å²) in [4.78, 5) is 34.8. The van der Waals surface area contributed by atoms with Gasteiger partial charge in [0, 0.05) is 20.3 Å². The van der Waals surface area contributed by atoms with E-state index in [9.17, 15) is 14.3 Å². The molecule has 43 heavy (non-hydrogen) atoms. The van der Waals surface area contributed by atoms with Crippen molar-refractivity contribution in [1.29, 1.82) is 0 Å². The third-order valence-electron chi connectivity index (χ3n) is 7.08. The summed E-state index contributed by atoms with van der Waals surface area (Å²) in [5.41, 5.74) is 5.58. The number of ether oxygens (including phenoxy) is 3. The van der Waals surface area contributed by atoms with Crippen LogP contribution < -0.4 is 45.7 Å². The number of unbranched alkanes of at least 4 members (excludes halogenated alkanes) is 13. The number of aromatic amines is 1. The molecule has 0 radical (unpaired) electrons. The molecule has 0 saturated carbocycles. The molecule has 12 nitrogen and oxygen atoms in total. The van der Waals surface area contributed by atoms with Crippen LogP contribution in [0.15, 0.2) is 11.1 Å². The van der Waals surface area contributed by atoms with Crippen LogP contribution in [0.1, 0.15) is 103 Å². The van der Waals surface area contributed by atoms with E-state index >= 15 is 0 Å². The van der Waals surface area contributed by atoms with Crippen LogP contribution in [-0.2, 0) is 29.8 Å². The fourth-order valence-electron chi connectivity index (χ4n) is 4.76. The first-order chi connectivity index (χ1) is 20.4. The zero-order valence-corrected chi connectivity index (χ0v) is 29.6. The molecule has 0 aliphatic rings. The van der Waals surface area contributed by atoms with Crippen molar-refractivity contribution in [3.05, 3.63) is 16.7 Å². The molecule has 14 heteroatoms. The molecule has 0 aliphatic carbocycles. The topological polar surface area (TPSA) is 167 Å². The van der Waals surface area contributed by atoms with E-state index in [1.54, 1.807) is 4.57 Å². The van der Waals surface area contributed by atoms with Crippen molar-refractivity contribution < 1.29 is 57.8 Å². The molecule has 0 amide bonds. The Morgan fingerprint density at radius 1 is 0.953 bits per heavy atom. The Morgan fingerprint density at radius 3 is 2.14 bits per heavy atom. The van der Waals surface area contributed by atoms with E-state index in [1.807, 2.05) is 0 Å². The Labute approximate surface area is 279 Å². The number of nitrogen functional groups attached to an aromatic ring is 1. The van der Waals surface area contributed by atoms with Gasteiger partial charge in [0.2, 0.25) is 5.95 Å². The number of nitrogens with zero attached hydrogens (tertiary/aromatic N) is 3. The summed E-state index contributed by atoms with van der Waals surface area (Å²) < 4.78 is 35.3. The Bertz CT molecular complexity index is 1090. The van der Waals surface area contributed by atoms with Crippen molar-refractivity contribution >= 4 is 24.7 Å². The van der Waals surface area contributed by atoms with Crippen LogP contribution in [-0.4, -0.2) is 65.5 Å². The number of rotatable bonds is 27. The van der Waals surface area contributed by atoms with Gasteiger partial charge in [-0.2, -0.15) is 4.98 Å². The van der Waals surface area contributed by atoms with Gasteiger partial charge in [-0.3, -0.25) is 9.78 Å². The van der Waals surface area contributed by atoms with Crippen LogP contribution in [0, 0.1) is 0 Å². The van der Waals surface area contributed by atoms with Crippen LogP contribution in [0.25, 0.3) is 11.2 Å². The van der Waals surface area contributed by atoms with Gasteiger partial charge < -0.3 is 38.5 Å². The molecule has 0 fully saturated rings. The zero-order valence-electron chi connectivity index (χ0n) is 26.7. The number of fused-ring (bicyclic) bond motifs is 1. The Kier molecular flexibility index (Phi) is 22.8. The second-order valence-corrected chi connectivity index (χ2v) is 12.6. The third-order valence-corrected chi connectivity index (χ3v) is 8.12. The molecule has 2 aromatic heterocycles. The van der Waals surface area contributed by atoms with Crippen LogP contribution in [0.3, 0.4) is 0 Å². The van der Waals surface area contributed by atoms with Crippen molar-refractivity contribution in [1.82, 2.24) is 19.5 Å². The number of methoxy groups -OCH3 is 1. The summed E-state index contributed by atoms with van der Waals surface area (Å²) >= 11 is 0. The smallest absolute Gasteiger partial charge is 0.777 e. The second-order valence-electron chi connectivity index (χ2n) is 10.9. The quantitative estimate of drug-likeness (QED) is 0.0842. The summed E-state index contributed by atoms with van der Waals surface area (Å²) in [5.74, 6) is -0.0421. The molecule has 2 atom stereocenters. The minimum Gasteiger partial charge on any atom is -0.777 e. The second kappa shape index (κ2) is 24.4. The summed E-state index contributed by atoms with van der Waals surface area (Å²) in [6.07, 6.45) is 19.1. The van der Waals surface area contributed by atoms with Gasteiger partial charge in [0.1, 0.15) is 6.35 Å². The largest absolute Gasteiger partial charge is 1.00 e. The molecule has 0 aromatic carbocycles. The molecule has 242 valence electrons. The molecule has 2 rings (SSSR count). The number of anilines is 1. The van der Waals surface area contributed by atoms with Gasteiger partial charge >= 0.3 is 29.6 Å². The maximum absolute atomic E-state index is 12.3. The summed E-state index contributed by atoms with van der Waals surface area (Å²) in [5, 5.41) is 0. The monoisotopic (exact) mass is 637 g/mol. The molecule has 2 aromatic rings. The van der Waals surface area contributed by atoms with Gasteiger partial charge in [-0.25, -0.2) is 4.98 Å². The first kappa shape index (κ1) is 40.2. The fourth-order valence-corrected chi connectivity index (χ4v) is 5.64. The molecule has 1 unspecified atom stereocenters. The molecule has 0 aliphatic heterocycles. The van der Waals surface area contributed by atoms with E-state index < -0.39 is 25.6 Å². The van der Waals surface area contributed by atoms with E-state index in [2.05, 4.69) is 21.9 Å². The Morgan fingerprint density at radius 2 is 1.53 bits per heavy atom. The average Bonchev–Trinajstić information content (AvgIpc) is 3.35. The number of hydrogen-bond acceptors (Lipinski definition) is 10. The van der Waals surface area contributed by atoms with Crippen molar-refractivity contribution in [3.63, 3.8) is 0 Å². The van der Waals surface area contributed by atoms with E-state index in [0.717, 1.165) is 6.42 Å². The van der Waals surface area contributed by atoms with Crippen molar-refractivity contribution in [3.8, 4) is 0 Å². The molecular formula is C29H53N5NaO7P. The molecule has 0 saturated heterocycles. The number of nitrogens with two attached hydrogens (primary N) is 1. The van der Waals surface area contributed by atoms with E-state index in [-0.39, 0.29) is 66.4 Å². The fraction of sp³-hybridized carbons (Fsp3) is 0.828. The van der Waals surface area contributed by atoms with Crippen LogP contribution in [0.2, 0.25) is 0 Å². The first-order valence-electron chi connectivity index (χ1n) is 15.7. The number of nitrogens with one attached hydrogen (secondary N) is 1. The van der Waals surface area contributed by atoms with E-state index in [1.165, 1.54) is 96.9 Å². The predicted molar refractivity (Wildman–Crippen MR) is 163 cm³/mol. The first-order valence-corrected chi connectivity index (χ1v) is 17.4. The van der Waals surface area contributed by atoms with Gasteiger partial charge in [-0.15, -0.1) is 0 Å². The summed E-state index contributed by atoms with van der Waals surface area (Å²) in [6, 6.07) is 0. The van der Waals surface area contributed by atoms with Crippen LogP contribution in [0.4, 0.5) is 5.95 Å². The number of H-pyrrole nitrogens is 1. The molecule has 3 N–H and O–H groups in total. The number of aromatic nitrogens is 4. The molecule has 2 heterocycles. The van der Waals surface area contributed by atoms with Crippen molar-refractivity contribution in [2.24, 2.45) is 0 Å². The SMILES string of the molecule is CCCCCCCCCCCCCCCCOCCCOP(=O)([O-])CO[C@H](COC)Cn1cnc2c(=O)[nH]c(N)nc21.[Na+]. The number of hydrogen-bond donors (Lipinski definition) is 2. The molecule has 0 bridgehead atoms. The molecule has 0 spiro atoms.